The van der Waals surface area contributed by atoms with Gasteiger partial charge in [0, 0.05) is 11.8 Å². The number of hydrogen-bond donors (Lipinski definition) is 1. The van der Waals surface area contributed by atoms with Crippen LogP contribution in [0.4, 0.5) is 11.4 Å². The van der Waals surface area contributed by atoms with Gasteiger partial charge in [-0.3, -0.25) is 14.9 Å². The van der Waals surface area contributed by atoms with Gasteiger partial charge in [0.25, 0.3) is 11.6 Å². The molecular formula is C14H11BrN2O4. The molecule has 0 heterocycles. The van der Waals surface area contributed by atoms with Crippen LogP contribution >= 0.6 is 15.9 Å². The largest absolute Gasteiger partial charge is 0.497 e. The van der Waals surface area contributed by atoms with Crippen molar-refractivity contribution < 1.29 is 14.5 Å². The van der Waals surface area contributed by atoms with E-state index in [0.29, 0.717) is 11.4 Å². The topological polar surface area (TPSA) is 81.5 Å². The average molecular weight is 351 g/mol. The van der Waals surface area contributed by atoms with Gasteiger partial charge in [-0.05, 0) is 46.3 Å². The highest BCUT2D eigenvalue weighted by Crippen LogP contribution is 2.29. The van der Waals surface area contributed by atoms with Crippen LogP contribution in [0, 0.1) is 10.1 Å². The van der Waals surface area contributed by atoms with Gasteiger partial charge in [0.1, 0.15) is 10.2 Å². The molecule has 0 aliphatic carbocycles. The maximum atomic E-state index is 12.2. The number of halogens is 1. The molecule has 1 amide bonds. The summed E-state index contributed by atoms with van der Waals surface area (Å²) in [5.41, 5.74) is 0.608. The SMILES string of the molecule is COc1ccc(NC(=O)c2cccc([N+](=O)[O-])c2Br)cc1. The Hall–Kier alpha value is -2.41. The third-order valence-corrected chi connectivity index (χ3v) is 3.60. The van der Waals surface area contributed by atoms with E-state index >= 15 is 0 Å². The van der Waals surface area contributed by atoms with Crippen molar-refractivity contribution in [1.29, 1.82) is 0 Å². The maximum absolute atomic E-state index is 12.2. The van der Waals surface area contributed by atoms with Crippen LogP contribution in [0.5, 0.6) is 5.75 Å². The van der Waals surface area contributed by atoms with E-state index in [-0.39, 0.29) is 15.7 Å². The average Bonchev–Trinajstić information content (AvgIpc) is 2.47. The first-order chi connectivity index (χ1) is 10.0. The van der Waals surface area contributed by atoms with Gasteiger partial charge in [0.05, 0.1) is 17.6 Å². The van der Waals surface area contributed by atoms with Crippen LogP contribution in [-0.2, 0) is 0 Å². The summed E-state index contributed by atoms with van der Waals surface area (Å²) in [6.07, 6.45) is 0. The van der Waals surface area contributed by atoms with E-state index in [1.807, 2.05) is 0 Å². The molecule has 0 unspecified atom stereocenters. The number of methoxy groups -OCH3 is 1. The molecule has 0 aromatic heterocycles. The number of ether oxygens (including phenoxy) is 1. The zero-order valence-corrected chi connectivity index (χ0v) is 12.6. The minimum atomic E-state index is -0.547. The molecule has 0 fully saturated rings. The molecule has 7 heteroatoms. The van der Waals surface area contributed by atoms with Crippen LogP contribution in [0.1, 0.15) is 10.4 Å². The zero-order valence-electron chi connectivity index (χ0n) is 11.0. The van der Waals surface area contributed by atoms with Crippen molar-refractivity contribution in [2.24, 2.45) is 0 Å². The lowest BCUT2D eigenvalue weighted by molar-refractivity contribution is -0.385. The Morgan fingerprint density at radius 1 is 1.24 bits per heavy atom. The number of hydrogen-bond acceptors (Lipinski definition) is 4. The number of amides is 1. The lowest BCUT2D eigenvalue weighted by atomic mass is 10.2. The molecule has 0 radical (unpaired) electrons. The Labute approximate surface area is 129 Å². The lowest BCUT2D eigenvalue weighted by Gasteiger charge is -2.08. The Morgan fingerprint density at radius 2 is 1.90 bits per heavy atom. The second-order valence-electron chi connectivity index (χ2n) is 4.08. The first kappa shape index (κ1) is 15.0. The number of carbonyl (C=O) groups is 1. The Bertz CT molecular complexity index is 686. The van der Waals surface area contributed by atoms with Crippen molar-refractivity contribution in [3.8, 4) is 5.75 Å². The molecule has 0 bridgehead atoms. The van der Waals surface area contributed by atoms with E-state index in [1.54, 1.807) is 31.4 Å². The summed E-state index contributed by atoms with van der Waals surface area (Å²) in [6, 6.07) is 11.1. The summed E-state index contributed by atoms with van der Waals surface area (Å²) in [7, 11) is 1.55. The highest BCUT2D eigenvalue weighted by atomic mass is 79.9. The molecule has 0 aliphatic heterocycles. The molecule has 2 aromatic carbocycles. The van der Waals surface area contributed by atoms with Crippen molar-refractivity contribution in [2.75, 3.05) is 12.4 Å². The molecule has 0 saturated heterocycles. The Balaban J connectivity index is 2.24. The predicted molar refractivity (Wildman–Crippen MR) is 81.7 cm³/mol. The van der Waals surface area contributed by atoms with Crippen molar-refractivity contribution in [1.82, 2.24) is 0 Å². The standard InChI is InChI=1S/C14H11BrN2O4/c1-21-10-7-5-9(6-8-10)16-14(18)11-3-2-4-12(13(11)15)17(19)20/h2-8H,1H3,(H,16,18). The van der Waals surface area contributed by atoms with Crippen molar-refractivity contribution in [3.05, 3.63) is 62.6 Å². The quantitative estimate of drug-likeness (QED) is 0.674. The second-order valence-corrected chi connectivity index (χ2v) is 4.87. The second kappa shape index (κ2) is 6.36. The fraction of sp³-hybridized carbons (Fsp3) is 0.0714. The molecule has 1 N–H and O–H groups in total. The molecule has 0 spiro atoms. The molecular weight excluding hydrogens is 340 g/mol. The van der Waals surface area contributed by atoms with E-state index < -0.39 is 10.8 Å². The summed E-state index contributed by atoms with van der Waals surface area (Å²) < 4.78 is 5.18. The smallest absolute Gasteiger partial charge is 0.284 e. The number of nitro groups is 1. The number of nitrogens with zero attached hydrogens (tertiary/aromatic N) is 1. The molecule has 0 atom stereocenters. The predicted octanol–water partition coefficient (Wildman–Crippen LogP) is 3.62. The molecule has 0 aliphatic rings. The van der Waals surface area contributed by atoms with Crippen LogP contribution in [0.15, 0.2) is 46.9 Å². The summed E-state index contributed by atoms with van der Waals surface area (Å²) in [6.45, 7) is 0. The van der Waals surface area contributed by atoms with E-state index in [4.69, 9.17) is 4.74 Å². The zero-order chi connectivity index (χ0) is 15.4. The van der Waals surface area contributed by atoms with Crippen LogP contribution in [0.3, 0.4) is 0 Å². The van der Waals surface area contributed by atoms with Crippen molar-refractivity contribution in [2.45, 2.75) is 0 Å². The molecule has 2 rings (SSSR count). The van der Waals surface area contributed by atoms with E-state index in [2.05, 4.69) is 21.2 Å². The first-order valence-electron chi connectivity index (χ1n) is 5.91. The summed E-state index contributed by atoms with van der Waals surface area (Å²) in [5, 5.41) is 13.5. The lowest BCUT2D eigenvalue weighted by Crippen LogP contribution is -2.13. The van der Waals surface area contributed by atoms with E-state index in [9.17, 15) is 14.9 Å². The highest BCUT2D eigenvalue weighted by molar-refractivity contribution is 9.10. The monoisotopic (exact) mass is 350 g/mol. The summed E-state index contributed by atoms with van der Waals surface area (Å²) >= 11 is 3.10. The highest BCUT2D eigenvalue weighted by Gasteiger charge is 2.19. The summed E-state index contributed by atoms with van der Waals surface area (Å²) in [5.74, 6) is 0.236. The van der Waals surface area contributed by atoms with Gasteiger partial charge >= 0.3 is 0 Å². The number of anilines is 1. The van der Waals surface area contributed by atoms with Gasteiger partial charge in [-0.25, -0.2) is 0 Å². The Morgan fingerprint density at radius 3 is 2.48 bits per heavy atom. The summed E-state index contributed by atoms with van der Waals surface area (Å²) in [4.78, 5) is 22.5. The van der Waals surface area contributed by atoms with Crippen molar-refractivity contribution in [3.63, 3.8) is 0 Å². The van der Waals surface area contributed by atoms with Crippen molar-refractivity contribution >= 4 is 33.2 Å². The fourth-order valence-corrected chi connectivity index (χ4v) is 2.30. The normalized spacial score (nSPS) is 10.0. The fourth-order valence-electron chi connectivity index (χ4n) is 1.71. The first-order valence-corrected chi connectivity index (χ1v) is 6.70. The number of nitrogens with one attached hydrogen (secondary N) is 1. The molecule has 21 heavy (non-hydrogen) atoms. The number of carbonyl (C=O) groups excluding carboxylic acids is 1. The Kier molecular flexibility index (Phi) is 4.54. The van der Waals surface area contributed by atoms with Gasteiger partial charge in [-0.1, -0.05) is 6.07 Å². The number of nitro benzene ring substituents is 1. The minimum absolute atomic E-state index is 0.154. The maximum Gasteiger partial charge on any atom is 0.284 e. The minimum Gasteiger partial charge on any atom is -0.497 e. The van der Waals surface area contributed by atoms with Gasteiger partial charge in [-0.15, -0.1) is 0 Å². The van der Waals surface area contributed by atoms with Gasteiger partial charge in [-0.2, -0.15) is 0 Å². The van der Waals surface area contributed by atoms with Crippen LogP contribution < -0.4 is 10.1 Å². The van der Waals surface area contributed by atoms with Crippen LogP contribution in [0.2, 0.25) is 0 Å². The molecule has 2 aromatic rings. The third-order valence-electron chi connectivity index (χ3n) is 2.77. The van der Waals surface area contributed by atoms with Crippen LogP contribution in [0.25, 0.3) is 0 Å². The van der Waals surface area contributed by atoms with Gasteiger partial charge in [0.15, 0.2) is 0 Å². The van der Waals surface area contributed by atoms with Gasteiger partial charge < -0.3 is 10.1 Å². The number of rotatable bonds is 4. The molecule has 0 saturated carbocycles. The molecule has 108 valence electrons. The molecule has 6 nitrogen and oxygen atoms in total. The third kappa shape index (κ3) is 3.38. The van der Waals surface area contributed by atoms with E-state index in [1.165, 1.54) is 18.2 Å². The van der Waals surface area contributed by atoms with Gasteiger partial charge in [0.2, 0.25) is 0 Å². The van der Waals surface area contributed by atoms with E-state index in [0.717, 1.165) is 0 Å². The van der Waals surface area contributed by atoms with Crippen LogP contribution in [-0.4, -0.2) is 17.9 Å². The number of benzene rings is 2.